The Bertz CT molecular complexity index is 1110. The number of benzene rings is 3. The smallest absolute Gasteiger partial charge is 0.199 e. The van der Waals surface area contributed by atoms with Gasteiger partial charge in [-0.1, -0.05) is 54.1 Å². The molecule has 4 rings (SSSR count). The van der Waals surface area contributed by atoms with Gasteiger partial charge in [0.2, 0.25) is 0 Å². The Morgan fingerprint density at radius 2 is 1.48 bits per heavy atom. The lowest BCUT2D eigenvalue weighted by Crippen LogP contribution is -2.01. The van der Waals surface area contributed by atoms with Crippen LogP contribution in [0.25, 0.3) is 11.1 Å². The van der Waals surface area contributed by atoms with Gasteiger partial charge in [0.1, 0.15) is 0 Å². The molecule has 1 aliphatic rings. The molecular weight excluding hydrogens is 350 g/mol. The molecular formula is C20H17NO2S2. The van der Waals surface area contributed by atoms with E-state index in [0.29, 0.717) is 0 Å². The highest BCUT2D eigenvalue weighted by atomic mass is 32.3. The first-order chi connectivity index (χ1) is 12.0. The number of rotatable bonds is 2. The van der Waals surface area contributed by atoms with Gasteiger partial charge in [-0.2, -0.15) is 8.42 Å². The summed E-state index contributed by atoms with van der Waals surface area (Å²) in [7, 11) is -4.55. The second kappa shape index (κ2) is 5.93. The molecule has 5 heteroatoms. The lowest BCUT2D eigenvalue weighted by atomic mass is 10.0. The van der Waals surface area contributed by atoms with E-state index >= 15 is 0 Å². The Labute approximate surface area is 150 Å². The zero-order valence-corrected chi connectivity index (χ0v) is 15.6. The van der Waals surface area contributed by atoms with Crippen molar-refractivity contribution >= 4 is 20.7 Å². The third-order valence-electron chi connectivity index (χ3n) is 4.28. The molecule has 0 saturated heterocycles. The van der Waals surface area contributed by atoms with Crippen molar-refractivity contribution in [1.29, 1.82) is 0 Å². The molecule has 1 heterocycles. The topological polar surface area (TPSA) is 46.5 Å². The second-order valence-electron chi connectivity index (χ2n) is 6.10. The van der Waals surface area contributed by atoms with Crippen LogP contribution in [0.4, 0.5) is 0 Å². The van der Waals surface area contributed by atoms with Gasteiger partial charge >= 0.3 is 0 Å². The minimum atomic E-state index is -3.73. The average Bonchev–Trinajstić information content (AvgIpc) is 2.90. The first-order valence-electron chi connectivity index (χ1n) is 7.95. The Morgan fingerprint density at radius 3 is 2.24 bits per heavy atom. The van der Waals surface area contributed by atoms with Crippen molar-refractivity contribution in [3.63, 3.8) is 0 Å². The van der Waals surface area contributed by atoms with E-state index in [1.165, 1.54) is 0 Å². The number of hydrogen-bond acceptors (Lipinski definition) is 2. The molecule has 0 bridgehead atoms. The van der Waals surface area contributed by atoms with Crippen LogP contribution >= 0.6 is 0 Å². The van der Waals surface area contributed by atoms with Crippen molar-refractivity contribution in [3.8, 4) is 11.1 Å². The van der Waals surface area contributed by atoms with Gasteiger partial charge in [0.25, 0.3) is 10.0 Å². The lowest BCUT2D eigenvalue weighted by Gasteiger charge is -2.07. The van der Waals surface area contributed by atoms with E-state index in [1.54, 1.807) is 24.3 Å². The molecule has 25 heavy (non-hydrogen) atoms. The third kappa shape index (κ3) is 2.73. The monoisotopic (exact) mass is 367 g/mol. The summed E-state index contributed by atoms with van der Waals surface area (Å²) in [5.41, 5.74) is 4.25. The molecule has 1 aliphatic heterocycles. The van der Waals surface area contributed by atoms with Gasteiger partial charge in [-0.05, 0) is 59.4 Å². The highest BCUT2D eigenvalue weighted by Gasteiger charge is 2.27. The molecule has 3 aromatic carbocycles. The van der Waals surface area contributed by atoms with E-state index in [9.17, 15) is 8.42 Å². The van der Waals surface area contributed by atoms with Crippen LogP contribution in [0.15, 0.2) is 85.2 Å². The Hall–Kier alpha value is -2.24. The molecule has 3 aromatic rings. The molecule has 3 nitrogen and oxygen atoms in total. The number of hydrogen-bond donors (Lipinski definition) is 0. The quantitative estimate of drug-likeness (QED) is 0.506. The van der Waals surface area contributed by atoms with Crippen molar-refractivity contribution in [2.45, 2.75) is 28.5 Å². The van der Waals surface area contributed by atoms with Gasteiger partial charge in [-0.15, -0.1) is 3.77 Å². The van der Waals surface area contributed by atoms with Crippen LogP contribution in [0, 0.1) is 13.8 Å². The first kappa shape index (κ1) is 16.2. The van der Waals surface area contributed by atoms with Crippen LogP contribution in [-0.4, -0.2) is 8.42 Å². The molecule has 0 aliphatic carbocycles. The van der Waals surface area contributed by atoms with Gasteiger partial charge in [0.05, 0.1) is 4.90 Å². The van der Waals surface area contributed by atoms with E-state index in [2.05, 4.69) is 3.77 Å². The molecule has 0 spiro atoms. The molecule has 0 N–H and O–H groups in total. The molecule has 0 saturated carbocycles. The molecule has 0 amide bonds. The number of nitrogens with zero attached hydrogens (tertiary/aromatic N) is 1. The standard InChI is InChI=1S/C20H17NO2S2/c1-14-10-12-16(13-11-14)25(22,23)21-24-19-9-4-3-7-17(19)18-8-5-6-15(2)20(18)24/h3-13H,1-2H3. The van der Waals surface area contributed by atoms with Crippen molar-refractivity contribution in [3.05, 3.63) is 77.9 Å². The summed E-state index contributed by atoms with van der Waals surface area (Å²) in [5.74, 6) is 0. The van der Waals surface area contributed by atoms with Crippen LogP contribution in [0.3, 0.4) is 0 Å². The van der Waals surface area contributed by atoms with Gasteiger partial charge in [0.15, 0.2) is 0 Å². The summed E-state index contributed by atoms with van der Waals surface area (Å²) in [6, 6.07) is 20.8. The zero-order valence-electron chi connectivity index (χ0n) is 13.9. The second-order valence-corrected chi connectivity index (χ2v) is 9.53. The Balaban J connectivity index is 1.96. The first-order valence-corrected chi connectivity index (χ1v) is 10.6. The van der Waals surface area contributed by atoms with Crippen LogP contribution < -0.4 is 0 Å². The van der Waals surface area contributed by atoms with Gasteiger partial charge in [0, 0.05) is 9.79 Å². The van der Waals surface area contributed by atoms with Crippen molar-refractivity contribution < 1.29 is 8.42 Å². The molecule has 126 valence electrons. The predicted octanol–water partition coefficient (Wildman–Crippen LogP) is 4.89. The van der Waals surface area contributed by atoms with E-state index < -0.39 is 20.7 Å². The minimum Gasteiger partial charge on any atom is -0.199 e. The maximum Gasteiger partial charge on any atom is 0.288 e. The summed E-state index contributed by atoms with van der Waals surface area (Å²) in [5, 5.41) is 0. The SMILES string of the molecule is Cc1ccc(S(=O)(=O)/N=S2/c3ccccc3-c3cccc(C)c32)cc1. The highest BCUT2D eigenvalue weighted by molar-refractivity contribution is 8.00. The third-order valence-corrected chi connectivity index (χ3v) is 8.23. The fourth-order valence-corrected chi connectivity index (χ4v) is 6.82. The number of sulfonamides is 1. The maximum atomic E-state index is 12.9. The average molecular weight is 367 g/mol. The van der Waals surface area contributed by atoms with E-state index in [4.69, 9.17) is 0 Å². The van der Waals surface area contributed by atoms with Gasteiger partial charge in [-0.3, -0.25) is 0 Å². The number of fused-ring (bicyclic) bond motifs is 3. The molecule has 1 unspecified atom stereocenters. The van der Waals surface area contributed by atoms with E-state index in [-0.39, 0.29) is 4.90 Å². The summed E-state index contributed by atoms with van der Waals surface area (Å²) in [4.78, 5) is 2.23. The van der Waals surface area contributed by atoms with Crippen LogP contribution in [-0.2, 0) is 20.7 Å². The summed E-state index contributed by atoms with van der Waals surface area (Å²) in [6.45, 7) is 3.95. The molecule has 0 fully saturated rings. The van der Waals surface area contributed by atoms with Crippen LogP contribution in [0.1, 0.15) is 11.1 Å². The summed E-state index contributed by atoms with van der Waals surface area (Å²) >= 11 is 0. The maximum absolute atomic E-state index is 12.9. The van der Waals surface area contributed by atoms with Crippen molar-refractivity contribution in [1.82, 2.24) is 0 Å². The lowest BCUT2D eigenvalue weighted by molar-refractivity contribution is 0.598. The Kier molecular flexibility index (Phi) is 3.85. The fourth-order valence-electron chi connectivity index (χ4n) is 3.02. The van der Waals surface area contributed by atoms with Crippen molar-refractivity contribution in [2.75, 3.05) is 0 Å². The number of aryl methyl sites for hydroxylation is 2. The van der Waals surface area contributed by atoms with Crippen LogP contribution in [0.2, 0.25) is 0 Å². The summed E-state index contributed by atoms with van der Waals surface area (Å²) < 4.78 is 30.1. The minimum absolute atomic E-state index is 0.241. The fraction of sp³-hybridized carbons (Fsp3) is 0.100. The van der Waals surface area contributed by atoms with Gasteiger partial charge < -0.3 is 0 Å². The molecule has 0 radical (unpaired) electrons. The van der Waals surface area contributed by atoms with Gasteiger partial charge in [-0.25, -0.2) is 0 Å². The predicted molar refractivity (Wildman–Crippen MR) is 101 cm³/mol. The normalized spacial score (nSPS) is 15.8. The zero-order chi connectivity index (χ0) is 17.6. The summed E-state index contributed by atoms with van der Waals surface area (Å²) in [6.07, 6.45) is 0. The van der Waals surface area contributed by atoms with Crippen molar-refractivity contribution in [2.24, 2.45) is 3.77 Å². The molecule has 0 aromatic heterocycles. The van der Waals surface area contributed by atoms with E-state index in [0.717, 1.165) is 32.0 Å². The highest BCUT2D eigenvalue weighted by Crippen LogP contribution is 2.43. The largest absolute Gasteiger partial charge is 0.288 e. The van der Waals surface area contributed by atoms with Crippen LogP contribution in [0.5, 0.6) is 0 Å². The Morgan fingerprint density at radius 1 is 0.800 bits per heavy atom. The van der Waals surface area contributed by atoms with E-state index in [1.807, 2.05) is 56.3 Å². The molecule has 1 atom stereocenters.